The highest BCUT2D eigenvalue weighted by Gasteiger charge is 2.49. The number of hydrogen-bond donors (Lipinski definition) is 1. The van der Waals surface area contributed by atoms with Crippen LogP contribution in [0.4, 0.5) is 5.69 Å². The van der Waals surface area contributed by atoms with E-state index in [1.54, 1.807) is 19.1 Å². The average Bonchev–Trinajstić information content (AvgIpc) is 3.54. The Bertz CT molecular complexity index is 1200. The third kappa shape index (κ3) is 4.83. The lowest BCUT2D eigenvalue weighted by Crippen LogP contribution is -2.33. The van der Waals surface area contributed by atoms with Crippen LogP contribution in [0.1, 0.15) is 50.0 Å². The second-order valence-corrected chi connectivity index (χ2v) is 10.7. The van der Waals surface area contributed by atoms with E-state index >= 15 is 0 Å². The summed E-state index contributed by atoms with van der Waals surface area (Å²) >= 11 is 0. The molecule has 4 heterocycles. The number of H-pyrrole nitrogens is 1. The van der Waals surface area contributed by atoms with E-state index in [-0.39, 0.29) is 30.0 Å². The molecule has 1 unspecified atom stereocenters. The Kier molecular flexibility index (Phi) is 6.87. The van der Waals surface area contributed by atoms with Crippen molar-refractivity contribution in [3.05, 3.63) is 72.5 Å². The molecule has 3 saturated heterocycles. The SMILES string of the molecule is CC[C@H]1O[C@@H](n2cc(C)c(=O)[nH]c2=O)CC1O[P@@]1O[C@H](Cc2ccc([N+](=O)[O-])cc2)[C@@H]2CCCN21. The highest BCUT2D eigenvalue weighted by molar-refractivity contribution is 7.45. The predicted molar refractivity (Wildman–Crippen MR) is 128 cm³/mol. The summed E-state index contributed by atoms with van der Waals surface area (Å²) in [7, 11) is -1.29. The Morgan fingerprint density at radius 1 is 1.26 bits per heavy atom. The summed E-state index contributed by atoms with van der Waals surface area (Å²) in [5, 5.41) is 10.9. The van der Waals surface area contributed by atoms with Gasteiger partial charge in [-0.2, -0.15) is 0 Å². The van der Waals surface area contributed by atoms with E-state index in [0.717, 1.165) is 31.4 Å². The van der Waals surface area contributed by atoms with Gasteiger partial charge in [0.15, 0.2) is 0 Å². The lowest BCUT2D eigenvalue weighted by atomic mass is 10.0. The quantitative estimate of drug-likeness (QED) is 0.346. The van der Waals surface area contributed by atoms with Crippen LogP contribution in [0.25, 0.3) is 0 Å². The molecule has 0 radical (unpaired) electrons. The second kappa shape index (κ2) is 9.91. The van der Waals surface area contributed by atoms with Crippen molar-refractivity contribution in [1.82, 2.24) is 14.2 Å². The average molecular weight is 504 g/mol. The first-order valence-electron chi connectivity index (χ1n) is 11.9. The van der Waals surface area contributed by atoms with Gasteiger partial charge in [-0.25, -0.2) is 9.46 Å². The lowest BCUT2D eigenvalue weighted by Gasteiger charge is -2.25. The summed E-state index contributed by atoms with van der Waals surface area (Å²) in [5.41, 5.74) is 0.626. The molecule has 3 aliphatic heterocycles. The molecule has 0 spiro atoms. The molecule has 188 valence electrons. The largest absolute Gasteiger partial charge is 0.352 e. The fourth-order valence-corrected chi connectivity index (χ4v) is 7.11. The summed E-state index contributed by atoms with van der Waals surface area (Å²) < 4.78 is 22.8. The normalized spacial score (nSPS) is 30.6. The van der Waals surface area contributed by atoms with E-state index in [9.17, 15) is 19.7 Å². The van der Waals surface area contributed by atoms with Crippen molar-refractivity contribution in [2.24, 2.45) is 0 Å². The fraction of sp³-hybridized carbons (Fsp3) is 0.565. The smallest absolute Gasteiger partial charge is 0.330 e. The molecule has 5 rings (SSSR count). The third-order valence-corrected chi connectivity index (χ3v) is 8.80. The predicted octanol–water partition coefficient (Wildman–Crippen LogP) is 3.17. The fourth-order valence-electron chi connectivity index (χ4n) is 5.11. The van der Waals surface area contributed by atoms with Gasteiger partial charge in [0.1, 0.15) is 6.23 Å². The van der Waals surface area contributed by atoms with E-state index in [1.165, 1.54) is 22.9 Å². The van der Waals surface area contributed by atoms with Crippen LogP contribution >= 0.6 is 8.53 Å². The maximum atomic E-state index is 12.4. The van der Waals surface area contributed by atoms with Crippen molar-refractivity contribution in [3.63, 3.8) is 0 Å². The molecule has 1 aromatic heterocycles. The van der Waals surface area contributed by atoms with Crippen molar-refractivity contribution in [3.8, 4) is 0 Å². The molecular weight excluding hydrogens is 475 g/mol. The number of nitrogens with zero attached hydrogens (tertiary/aromatic N) is 3. The van der Waals surface area contributed by atoms with E-state index < -0.39 is 30.9 Å². The molecule has 3 aliphatic rings. The highest BCUT2D eigenvalue weighted by Crippen LogP contribution is 2.58. The van der Waals surface area contributed by atoms with Crippen LogP contribution in [0, 0.1) is 17.0 Å². The van der Waals surface area contributed by atoms with Crippen molar-refractivity contribution >= 4 is 14.2 Å². The number of hydrogen-bond acceptors (Lipinski definition) is 8. The van der Waals surface area contributed by atoms with E-state index in [2.05, 4.69) is 9.65 Å². The zero-order valence-electron chi connectivity index (χ0n) is 19.7. The van der Waals surface area contributed by atoms with Crippen LogP contribution in [0.3, 0.4) is 0 Å². The van der Waals surface area contributed by atoms with Crippen molar-refractivity contribution < 1.29 is 18.7 Å². The Morgan fingerprint density at radius 2 is 2.03 bits per heavy atom. The number of aromatic nitrogens is 2. The lowest BCUT2D eigenvalue weighted by molar-refractivity contribution is -0.384. The van der Waals surface area contributed by atoms with Gasteiger partial charge in [-0.1, -0.05) is 19.1 Å². The molecular formula is C23H29N4O7P. The molecule has 2 aromatic rings. The maximum Gasteiger partial charge on any atom is 0.330 e. The van der Waals surface area contributed by atoms with Gasteiger partial charge in [0.2, 0.25) is 0 Å². The third-order valence-electron chi connectivity index (χ3n) is 6.98. The first kappa shape index (κ1) is 24.3. The summed E-state index contributed by atoms with van der Waals surface area (Å²) in [6.07, 6.45) is 4.49. The minimum absolute atomic E-state index is 0.0484. The molecule has 35 heavy (non-hydrogen) atoms. The number of nitro groups is 1. The Balaban J connectivity index is 1.28. The summed E-state index contributed by atoms with van der Waals surface area (Å²) in [5.74, 6) is 0. The highest BCUT2D eigenvalue weighted by atomic mass is 31.2. The van der Waals surface area contributed by atoms with Gasteiger partial charge in [0, 0.05) is 49.3 Å². The van der Waals surface area contributed by atoms with Crippen LogP contribution in [0.5, 0.6) is 0 Å². The zero-order chi connectivity index (χ0) is 24.7. The van der Waals surface area contributed by atoms with Crippen molar-refractivity contribution in [2.45, 2.75) is 76.5 Å². The van der Waals surface area contributed by atoms with Crippen LogP contribution in [0.15, 0.2) is 40.1 Å². The summed E-state index contributed by atoms with van der Waals surface area (Å²) in [4.78, 5) is 37.0. The van der Waals surface area contributed by atoms with Crippen molar-refractivity contribution in [2.75, 3.05) is 6.54 Å². The topological polar surface area (TPSA) is 129 Å². The number of aromatic amines is 1. The van der Waals surface area contributed by atoms with Crippen LogP contribution in [-0.4, -0.2) is 50.0 Å². The minimum atomic E-state index is -1.29. The van der Waals surface area contributed by atoms with E-state index in [1.807, 2.05) is 6.92 Å². The molecule has 6 atom stereocenters. The molecule has 11 nitrogen and oxygen atoms in total. The van der Waals surface area contributed by atoms with Gasteiger partial charge < -0.3 is 13.8 Å². The number of aryl methyl sites for hydroxylation is 1. The summed E-state index contributed by atoms with van der Waals surface area (Å²) in [6, 6.07) is 6.87. The van der Waals surface area contributed by atoms with Gasteiger partial charge in [-0.3, -0.25) is 24.5 Å². The van der Waals surface area contributed by atoms with Gasteiger partial charge >= 0.3 is 5.69 Å². The number of ether oxygens (including phenoxy) is 1. The molecule has 1 N–H and O–H groups in total. The van der Waals surface area contributed by atoms with Crippen LogP contribution in [0.2, 0.25) is 0 Å². The number of nitro benzene ring substituents is 1. The first-order chi connectivity index (χ1) is 16.8. The Morgan fingerprint density at radius 3 is 2.74 bits per heavy atom. The molecule has 0 aliphatic carbocycles. The number of benzene rings is 1. The van der Waals surface area contributed by atoms with E-state index in [4.69, 9.17) is 13.8 Å². The van der Waals surface area contributed by atoms with Gasteiger partial charge in [-0.05, 0) is 31.7 Å². The number of rotatable bonds is 7. The zero-order valence-corrected chi connectivity index (χ0v) is 20.6. The second-order valence-electron chi connectivity index (χ2n) is 9.28. The molecule has 0 bridgehead atoms. The number of non-ortho nitro benzene ring substituents is 1. The Labute approximate surface area is 203 Å². The maximum absolute atomic E-state index is 12.4. The number of nitrogens with one attached hydrogen (secondary N) is 1. The molecule has 0 amide bonds. The van der Waals surface area contributed by atoms with Crippen molar-refractivity contribution in [1.29, 1.82) is 0 Å². The van der Waals surface area contributed by atoms with Crippen LogP contribution < -0.4 is 11.2 Å². The minimum Gasteiger partial charge on any atom is -0.352 e. The van der Waals surface area contributed by atoms with Gasteiger partial charge in [0.25, 0.3) is 19.8 Å². The molecule has 1 aromatic carbocycles. The van der Waals surface area contributed by atoms with E-state index in [0.29, 0.717) is 18.4 Å². The first-order valence-corrected chi connectivity index (χ1v) is 13.1. The monoisotopic (exact) mass is 504 g/mol. The molecule has 12 heteroatoms. The number of fused-ring (bicyclic) bond motifs is 1. The Hall–Kier alpha value is -2.43. The van der Waals surface area contributed by atoms with Gasteiger partial charge in [-0.15, -0.1) is 0 Å². The summed E-state index contributed by atoms with van der Waals surface area (Å²) in [6.45, 7) is 4.58. The standard InChI is InChI=1S/C23H29N4O7P/c1-3-18-20(12-21(32-18)25-13-14(2)22(28)24-23(25)29)34-35-26-10-4-5-17(26)19(33-35)11-15-6-8-16(9-7-15)27(30)31/h6-9,13,17-21H,3-5,10-12H2,1-2H3,(H,24,28,29)/t17-,18+,19+,20?,21+,35+/m0/s1. The molecule has 3 fully saturated rings. The van der Waals surface area contributed by atoms with Gasteiger partial charge in [0.05, 0.1) is 23.2 Å². The molecule has 0 saturated carbocycles. The van der Waals surface area contributed by atoms with Crippen LogP contribution in [-0.2, 0) is 20.2 Å².